The molecule has 0 saturated heterocycles. The molecule has 0 bridgehead atoms. The van der Waals surface area contributed by atoms with Crippen molar-refractivity contribution < 1.29 is 13.9 Å². The fraction of sp³-hybridized carbons (Fsp3) is 0. The molecule has 0 radical (unpaired) electrons. The van der Waals surface area contributed by atoms with E-state index in [2.05, 4.69) is 15.9 Å². The van der Waals surface area contributed by atoms with E-state index in [4.69, 9.17) is 11.6 Å². The predicted molar refractivity (Wildman–Crippen MR) is 66.2 cm³/mol. The van der Waals surface area contributed by atoms with Gasteiger partial charge in [0.25, 0.3) is 0 Å². The molecule has 1 N–H and O–H groups in total. The molecular weight excluding hydrogens is 313 g/mol. The number of hydrogen-bond acceptors (Lipinski definition) is 1. The summed E-state index contributed by atoms with van der Waals surface area (Å²) >= 11 is 8.84. The number of phenolic OH excluding ortho intramolecular Hbond substituents is 1. The molecule has 0 aliphatic rings. The van der Waals surface area contributed by atoms with Gasteiger partial charge < -0.3 is 5.11 Å². The average Bonchev–Trinajstić information content (AvgIpc) is 2.30. The molecule has 2 aromatic rings. The van der Waals surface area contributed by atoms with E-state index < -0.39 is 11.6 Å². The molecule has 5 heteroatoms. The number of halogens is 4. The number of benzene rings is 2. The number of hydrogen-bond donors (Lipinski definition) is 1. The fourth-order valence-electron chi connectivity index (χ4n) is 1.46. The second-order valence-corrected chi connectivity index (χ2v) is 4.58. The van der Waals surface area contributed by atoms with Gasteiger partial charge in [0.15, 0.2) is 0 Å². The molecule has 88 valence electrons. The minimum absolute atomic E-state index is 0.0140. The van der Waals surface area contributed by atoms with Gasteiger partial charge in [-0.15, -0.1) is 0 Å². The van der Waals surface area contributed by atoms with Crippen LogP contribution in [-0.4, -0.2) is 5.11 Å². The highest BCUT2D eigenvalue weighted by atomic mass is 79.9. The molecule has 2 rings (SSSR count). The third-order valence-electron chi connectivity index (χ3n) is 2.29. The summed E-state index contributed by atoms with van der Waals surface area (Å²) in [5, 5.41) is 10.1. The van der Waals surface area contributed by atoms with E-state index in [0.717, 1.165) is 18.2 Å². The van der Waals surface area contributed by atoms with Gasteiger partial charge in [-0.3, -0.25) is 0 Å². The molecule has 0 atom stereocenters. The van der Waals surface area contributed by atoms with Crippen molar-refractivity contribution in [2.75, 3.05) is 0 Å². The lowest BCUT2D eigenvalue weighted by atomic mass is 10.0. The highest BCUT2D eigenvalue weighted by Gasteiger charge is 2.14. The summed E-state index contributed by atoms with van der Waals surface area (Å²) in [7, 11) is 0. The second kappa shape index (κ2) is 4.63. The Morgan fingerprint density at radius 1 is 1.06 bits per heavy atom. The molecule has 0 aliphatic carbocycles. The fourth-order valence-corrected chi connectivity index (χ4v) is 1.96. The standard InChI is InChI=1S/C12H6BrClF2O/c13-11-9(14)3-2-7(12(11)17)8-5-6(15)1-4-10(8)16/h1-5,17H. The molecule has 0 aliphatic heterocycles. The van der Waals surface area contributed by atoms with Crippen molar-refractivity contribution in [3.05, 3.63) is 51.5 Å². The summed E-state index contributed by atoms with van der Waals surface area (Å²) in [4.78, 5) is 0. The lowest BCUT2D eigenvalue weighted by Gasteiger charge is -2.08. The Bertz CT molecular complexity index is 587. The summed E-state index contributed by atoms with van der Waals surface area (Å²) < 4.78 is 26.9. The molecule has 0 aromatic heterocycles. The van der Waals surface area contributed by atoms with Crippen molar-refractivity contribution in [3.8, 4) is 16.9 Å². The lowest BCUT2D eigenvalue weighted by Crippen LogP contribution is -1.88. The van der Waals surface area contributed by atoms with Crippen molar-refractivity contribution in [1.82, 2.24) is 0 Å². The first kappa shape index (κ1) is 12.3. The van der Waals surface area contributed by atoms with Crippen LogP contribution >= 0.6 is 27.5 Å². The van der Waals surface area contributed by atoms with Crippen LogP contribution in [0.2, 0.25) is 5.02 Å². The van der Waals surface area contributed by atoms with Crippen molar-refractivity contribution in [2.45, 2.75) is 0 Å². The summed E-state index contributed by atoms with van der Waals surface area (Å²) in [5.74, 6) is -1.41. The highest BCUT2D eigenvalue weighted by Crippen LogP contribution is 2.40. The largest absolute Gasteiger partial charge is 0.506 e. The summed E-state index contributed by atoms with van der Waals surface area (Å²) in [6.07, 6.45) is 0. The maximum Gasteiger partial charge on any atom is 0.139 e. The Balaban J connectivity index is 2.69. The smallest absolute Gasteiger partial charge is 0.139 e. The third kappa shape index (κ3) is 2.28. The highest BCUT2D eigenvalue weighted by molar-refractivity contribution is 9.10. The zero-order valence-corrected chi connectivity index (χ0v) is 10.7. The molecule has 0 saturated carbocycles. The molecule has 0 spiro atoms. The quantitative estimate of drug-likeness (QED) is 0.804. The normalized spacial score (nSPS) is 10.6. The van der Waals surface area contributed by atoms with Crippen LogP contribution in [0, 0.1) is 11.6 Å². The van der Waals surface area contributed by atoms with Gasteiger partial charge in [0.1, 0.15) is 17.4 Å². The Morgan fingerprint density at radius 3 is 2.47 bits per heavy atom. The SMILES string of the molecule is Oc1c(-c2cc(F)ccc2F)ccc(Cl)c1Br. The summed E-state index contributed by atoms with van der Waals surface area (Å²) in [5.41, 5.74) is 0.165. The number of rotatable bonds is 1. The minimum Gasteiger partial charge on any atom is -0.506 e. The molecule has 1 nitrogen and oxygen atoms in total. The number of aromatic hydroxyl groups is 1. The monoisotopic (exact) mass is 318 g/mol. The first-order valence-corrected chi connectivity index (χ1v) is 5.80. The van der Waals surface area contributed by atoms with E-state index in [-0.39, 0.29) is 21.3 Å². The molecule has 2 aromatic carbocycles. The van der Waals surface area contributed by atoms with Gasteiger partial charge in [0, 0.05) is 11.1 Å². The molecule has 0 fully saturated rings. The third-order valence-corrected chi connectivity index (χ3v) is 3.63. The second-order valence-electron chi connectivity index (χ2n) is 3.38. The molecule has 17 heavy (non-hydrogen) atoms. The van der Waals surface area contributed by atoms with Crippen LogP contribution in [0.5, 0.6) is 5.75 Å². The van der Waals surface area contributed by atoms with Crippen LogP contribution in [0.4, 0.5) is 8.78 Å². The van der Waals surface area contributed by atoms with Crippen LogP contribution in [-0.2, 0) is 0 Å². The van der Waals surface area contributed by atoms with Crippen molar-refractivity contribution in [2.24, 2.45) is 0 Å². The van der Waals surface area contributed by atoms with Crippen molar-refractivity contribution in [1.29, 1.82) is 0 Å². The zero-order chi connectivity index (χ0) is 12.6. The Kier molecular flexibility index (Phi) is 3.35. The van der Waals surface area contributed by atoms with E-state index in [9.17, 15) is 13.9 Å². The number of phenols is 1. The van der Waals surface area contributed by atoms with Crippen molar-refractivity contribution >= 4 is 27.5 Å². The van der Waals surface area contributed by atoms with E-state index in [1.165, 1.54) is 12.1 Å². The maximum absolute atomic E-state index is 13.5. The topological polar surface area (TPSA) is 20.2 Å². The lowest BCUT2D eigenvalue weighted by molar-refractivity contribution is 0.473. The van der Waals surface area contributed by atoms with Gasteiger partial charge in [0.2, 0.25) is 0 Å². The van der Waals surface area contributed by atoms with Gasteiger partial charge in [0.05, 0.1) is 9.50 Å². The van der Waals surface area contributed by atoms with E-state index >= 15 is 0 Å². The average molecular weight is 320 g/mol. The van der Waals surface area contributed by atoms with E-state index in [1.54, 1.807) is 0 Å². The van der Waals surface area contributed by atoms with Crippen LogP contribution in [0.25, 0.3) is 11.1 Å². The van der Waals surface area contributed by atoms with Gasteiger partial charge in [-0.1, -0.05) is 11.6 Å². The van der Waals surface area contributed by atoms with Crippen LogP contribution < -0.4 is 0 Å². The van der Waals surface area contributed by atoms with Crippen LogP contribution in [0.1, 0.15) is 0 Å². The molecule has 0 heterocycles. The van der Waals surface area contributed by atoms with Crippen molar-refractivity contribution in [3.63, 3.8) is 0 Å². The first-order chi connectivity index (χ1) is 8.00. The van der Waals surface area contributed by atoms with Crippen LogP contribution in [0.3, 0.4) is 0 Å². The van der Waals surface area contributed by atoms with Gasteiger partial charge >= 0.3 is 0 Å². The Morgan fingerprint density at radius 2 is 1.76 bits per heavy atom. The molecule has 0 unspecified atom stereocenters. The van der Waals surface area contributed by atoms with Crippen LogP contribution in [0.15, 0.2) is 34.8 Å². The Hall–Kier alpha value is -1.13. The predicted octanol–water partition coefficient (Wildman–Crippen LogP) is 4.75. The first-order valence-electron chi connectivity index (χ1n) is 4.63. The van der Waals surface area contributed by atoms with Gasteiger partial charge in [-0.05, 0) is 46.3 Å². The van der Waals surface area contributed by atoms with Gasteiger partial charge in [-0.25, -0.2) is 8.78 Å². The Labute approximate surface area is 110 Å². The summed E-state index contributed by atoms with van der Waals surface area (Å²) in [6.45, 7) is 0. The summed E-state index contributed by atoms with van der Waals surface area (Å²) in [6, 6.07) is 5.96. The van der Waals surface area contributed by atoms with E-state index in [0.29, 0.717) is 5.02 Å². The molecular formula is C12H6BrClF2O. The van der Waals surface area contributed by atoms with Gasteiger partial charge in [-0.2, -0.15) is 0 Å². The molecule has 0 amide bonds. The maximum atomic E-state index is 13.5. The minimum atomic E-state index is -0.615. The zero-order valence-electron chi connectivity index (χ0n) is 8.35. The van der Waals surface area contributed by atoms with E-state index in [1.807, 2.05) is 0 Å².